The van der Waals surface area contributed by atoms with Gasteiger partial charge in [0.2, 0.25) is 0 Å². The van der Waals surface area contributed by atoms with Crippen LogP contribution < -0.4 is 15.9 Å². The number of hydrazine groups is 1. The number of hydrogen-bond donors (Lipinski definition) is 2. The Labute approximate surface area is 94.0 Å². The summed E-state index contributed by atoms with van der Waals surface area (Å²) in [6.45, 7) is 0.764. The lowest BCUT2D eigenvalue weighted by Crippen LogP contribution is -2.36. The van der Waals surface area contributed by atoms with Gasteiger partial charge in [0.1, 0.15) is 5.75 Å². The SMILES string of the molecule is CN(N)C(=S)Nc1ccc2c(c1)CCO2. The van der Waals surface area contributed by atoms with Crippen molar-refractivity contribution in [2.45, 2.75) is 6.42 Å². The lowest BCUT2D eigenvalue weighted by Gasteiger charge is -2.15. The van der Waals surface area contributed by atoms with Gasteiger partial charge in [0, 0.05) is 19.2 Å². The molecule has 0 amide bonds. The van der Waals surface area contributed by atoms with Crippen LogP contribution in [0.25, 0.3) is 0 Å². The van der Waals surface area contributed by atoms with Crippen LogP contribution >= 0.6 is 12.2 Å². The maximum absolute atomic E-state index is 5.50. The summed E-state index contributed by atoms with van der Waals surface area (Å²) in [6.07, 6.45) is 0.954. The van der Waals surface area contributed by atoms with Crippen molar-refractivity contribution < 1.29 is 4.74 Å². The number of anilines is 1. The minimum absolute atomic E-state index is 0.494. The zero-order chi connectivity index (χ0) is 10.8. The number of fused-ring (bicyclic) bond motifs is 1. The van der Waals surface area contributed by atoms with Gasteiger partial charge < -0.3 is 10.1 Å². The second-order valence-electron chi connectivity index (χ2n) is 3.46. The Hall–Kier alpha value is -1.33. The fourth-order valence-corrected chi connectivity index (χ4v) is 1.59. The number of nitrogens with zero attached hydrogens (tertiary/aromatic N) is 1. The third-order valence-electron chi connectivity index (χ3n) is 2.26. The van der Waals surface area contributed by atoms with Gasteiger partial charge in [0.05, 0.1) is 6.61 Å². The number of ether oxygens (including phenoxy) is 1. The van der Waals surface area contributed by atoms with E-state index in [2.05, 4.69) is 5.32 Å². The molecule has 3 N–H and O–H groups in total. The summed E-state index contributed by atoms with van der Waals surface area (Å²) in [7, 11) is 1.70. The van der Waals surface area contributed by atoms with E-state index in [9.17, 15) is 0 Å². The zero-order valence-electron chi connectivity index (χ0n) is 8.49. The van der Waals surface area contributed by atoms with Crippen molar-refractivity contribution in [2.75, 3.05) is 19.0 Å². The van der Waals surface area contributed by atoms with Crippen LogP contribution in [0.4, 0.5) is 5.69 Å². The number of rotatable bonds is 1. The minimum Gasteiger partial charge on any atom is -0.493 e. The number of nitrogens with one attached hydrogen (secondary N) is 1. The molecule has 0 aliphatic carbocycles. The average molecular weight is 223 g/mol. The lowest BCUT2D eigenvalue weighted by molar-refractivity contribution is 0.357. The molecule has 5 heteroatoms. The molecule has 0 fully saturated rings. The van der Waals surface area contributed by atoms with Gasteiger partial charge in [-0.25, -0.2) is 5.84 Å². The highest BCUT2D eigenvalue weighted by Gasteiger charge is 2.12. The molecule has 0 bridgehead atoms. The summed E-state index contributed by atoms with van der Waals surface area (Å²) in [5, 5.41) is 4.92. The molecule has 0 unspecified atom stereocenters. The highest BCUT2D eigenvalue weighted by Crippen LogP contribution is 2.27. The Bertz CT molecular complexity index is 392. The average Bonchev–Trinajstić information content (AvgIpc) is 2.64. The lowest BCUT2D eigenvalue weighted by atomic mass is 10.1. The summed E-state index contributed by atoms with van der Waals surface area (Å²) in [5.41, 5.74) is 2.16. The van der Waals surface area contributed by atoms with Crippen molar-refractivity contribution in [3.8, 4) is 5.75 Å². The van der Waals surface area contributed by atoms with Crippen molar-refractivity contribution in [1.29, 1.82) is 0 Å². The van der Waals surface area contributed by atoms with Crippen LogP contribution in [0.1, 0.15) is 5.56 Å². The first-order chi connectivity index (χ1) is 7.16. The van der Waals surface area contributed by atoms with Gasteiger partial charge >= 0.3 is 0 Å². The predicted molar refractivity (Wildman–Crippen MR) is 63.8 cm³/mol. The summed E-state index contributed by atoms with van der Waals surface area (Å²) in [6, 6.07) is 5.92. The first-order valence-electron chi connectivity index (χ1n) is 4.72. The second-order valence-corrected chi connectivity index (χ2v) is 3.85. The van der Waals surface area contributed by atoms with Crippen molar-refractivity contribution in [2.24, 2.45) is 5.84 Å². The fraction of sp³-hybridized carbons (Fsp3) is 0.300. The third-order valence-corrected chi connectivity index (χ3v) is 2.65. The van der Waals surface area contributed by atoms with Crippen LogP contribution in [0.5, 0.6) is 5.75 Å². The fourth-order valence-electron chi connectivity index (χ4n) is 1.48. The second kappa shape index (κ2) is 4.04. The summed E-state index contributed by atoms with van der Waals surface area (Å²) < 4.78 is 5.41. The maximum Gasteiger partial charge on any atom is 0.187 e. The molecule has 80 valence electrons. The van der Waals surface area contributed by atoms with Gasteiger partial charge in [-0.3, -0.25) is 5.01 Å². The topological polar surface area (TPSA) is 50.5 Å². The highest BCUT2D eigenvalue weighted by atomic mass is 32.1. The Balaban J connectivity index is 2.13. The molecule has 0 radical (unpaired) electrons. The molecule has 0 saturated carbocycles. The number of thiocarbonyl (C=S) groups is 1. The van der Waals surface area contributed by atoms with Crippen LogP contribution in [-0.2, 0) is 6.42 Å². The van der Waals surface area contributed by atoms with E-state index in [0.717, 1.165) is 24.5 Å². The van der Waals surface area contributed by atoms with Gasteiger partial charge in [-0.1, -0.05) is 0 Å². The Morgan fingerprint density at radius 1 is 1.60 bits per heavy atom. The molecule has 1 aromatic rings. The van der Waals surface area contributed by atoms with E-state index < -0.39 is 0 Å². The monoisotopic (exact) mass is 223 g/mol. The number of benzene rings is 1. The highest BCUT2D eigenvalue weighted by molar-refractivity contribution is 7.80. The number of nitrogens with two attached hydrogens (primary N) is 1. The van der Waals surface area contributed by atoms with Crippen molar-refractivity contribution >= 4 is 23.0 Å². The zero-order valence-corrected chi connectivity index (χ0v) is 9.30. The molecule has 0 saturated heterocycles. The van der Waals surface area contributed by atoms with Crippen molar-refractivity contribution in [3.05, 3.63) is 23.8 Å². The molecular weight excluding hydrogens is 210 g/mol. The van der Waals surface area contributed by atoms with Gasteiger partial charge in [-0.05, 0) is 36.0 Å². The Kier molecular flexibility index (Phi) is 2.75. The van der Waals surface area contributed by atoms with E-state index >= 15 is 0 Å². The standard InChI is InChI=1S/C10H13N3OS/c1-13(11)10(15)12-8-2-3-9-7(6-8)4-5-14-9/h2-3,6H,4-5,11H2,1H3,(H,12,15). The summed E-state index contributed by atoms with van der Waals surface area (Å²) in [4.78, 5) is 0. The van der Waals surface area contributed by atoms with Crippen LogP contribution in [0.15, 0.2) is 18.2 Å². The van der Waals surface area contributed by atoms with E-state index in [1.54, 1.807) is 7.05 Å². The molecule has 2 rings (SSSR count). The molecule has 1 heterocycles. The molecule has 4 nitrogen and oxygen atoms in total. The molecule has 0 spiro atoms. The van der Waals surface area contributed by atoms with E-state index in [-0.39, 0.29) is 0 Å². The molecule has 1 aliphatic heterocycles. The molecule has 1 aromatic carbocycles. The first kappa shape index (κ1) is 10.2. The third kappa shape index (κ3) is 2.19. The van der Waals surface area contributed by atoms with Gasteiger partial charge in [0.15, 0.2) is 5.11 Å². The van der Waals surface area contributed by atoms with Crippen LogP contribution in [-0.4, -0.2) is 23.8 Å². The van der Waals surface area contributed by atoms with Crippen LogP contribution in [0.3, 0.4) is 0 Å². The summed E-state index contributed by atoms with van der Waals surface area (Å²) in [5.74, 6) is 6.47. The molecule has 0 aromatic heterocycles. The number of hydrogen-bond acceptors (Lipinski definition) is 3. The Morgan fingerprint density at radius 3 is 3.13 bits per heavy atom. The van der Waals surface area contributed by atoms with Gasteiger partial charge in [-0.15, -0.1) is 0 Å². The largest absolute Gasteiger partial charge is 0.493 e. The Morgan fingerprint density at radius 2 is 2.40 bits per heavy atom. The van der Waals surface area contributed by atoms with Gasteiger partial charge in [0.25, 0.3) is 0 Å². The quantitative estimate of drug-likeness (QED) is 0.424. The minimum atomic E-state index is 0.494. The molecule has 1 aliphatic rings. The summed E-state index contributed by atoms with van der Waals surface area (Å²) >= 11 is 5.05. The molecule has 0 atom stereocenters. The first-order valence-corrected chi connectivity index (χ1v) is 5.13. The molecule has 15 heavy (non-hydrogen) atoms. The normalized spacial score (nSPS) is 12.9. The maximum atomic E-state index is 5.50. The van der Waals surface area contributed by atoms with E-state index in [0.29, 0.717) is 5.11 Å². The predicted octanol–water partition coefficient (Wildman–Crippen LogP) is 1.12. The van der Waals surface area contributed by atoms with Crippen molar-refractivity contribution in [3.63, 3.8) is 0 Å². The smallest absolute Gasteiger partial charge is 0.187 e. The van der Waals surface area contributed by atoms with Crippen LogP contribution in [0.2, 0.25) is 0 Å². The van der Waals surface area contributed by atoms with Gasteiger partial charge in [-0.2, -0.15) is 0 Å². The van der Waals surface area contributed by atoms with E-state index in [1.807, 2.05) is 18.2 Å². The van der Waals surface area contributed by atoms with E-state index in [4.69, 9.17) is 22.8 Å². The van der Waals surface area contributed by atoms with Crippen molar-refractivity contribution in [1.82, 2.24) is 5.01 Å². The van der Waals surface area contributed by atoms with E-state index in [1.165, 1.54) is 10.6 Å². The van der Waals surface area contributed by atoms with Crippen LogP contribution in [0, 0.1) is 0 Å². The molecular formula is C10H13N3OS.